The SMILES string of the molecule is CCOC(=O)Cn1c2c(c3cc(F)ccc31)C[C@@H](NCCc1ccccc1F)CC2. The lowest BCUT2D eigenvalue weighted by atomic mass is 9.91. The number of hydrogen-bond donors (Lipinski definition) is 1. The fourth-order valence-corrected chi connectivity index (χ4v) is 4.42. The minimum atomic E-state index is -0.285. The maximum absolute atomic E-state index is 14.0. The number of aromatic nitrogens is 1. The van der Waals surface area contributed by atoms with Gasteiger partial charge in [0.25, 0.3) is 0 Å². The molecule has 0 fully saturated rings. The zero-order valence-corrected chi connectivity index (χ0v) is 17.1. The Morgan fingerprint density at radius 2 is 2.07 bits per heavy atom. The van der Waals surface area contributed by atoms with Crippen LogP contribution in [-0.2, 0) is 35.3 Å². The monoisotopic (exact) mass is 412 g/mol. The number of carbonyl (C=O) groups is 1. The Hall–Kier alpha value is -2.73. The molecule has 0 saturated heterocycles. The van der Waals surface area contributed by atoms with Gasteiger partial charge in [0.2, 0.25) is 0 Å². The van der Waals surface area contributed by atoms with Crippen LogP contribution in [0.1, 0.15) is 30.2 Å². The smallest absolute Gasteiger partial charge is 0.325 e. The molecule has 0 radical (unpaired) electrons. The molecule has 6 heteroatoms. The Kier molecular flexibility index (Phi) is 6.13. The number of benzene rings is 2. The quantitative estimate of drug-likeness (QED) is 0.593. The predicted molar refractivity (Wildman–Crippen MR) is 112 cm³/mol. The van der Waals surface area contributed by atoms with E-state index in [-0.39, 0.29) is 30.2 Å². The number of esters is 1. The molecular formula is C24H26F2N2O2. The first-order valence-electron chi connectivity index (χ1n) is 10.5. The summed E-state index contributed by atoms with van der Waals surface area (Å²) in [6, 6.07) is 11.8. The summed E-state index contributed by atoms with van der Waals surface area (Å²) in [5.41, 5.74) is 3.73. The van der Waals surface area contributed by atoms with Crippen molar-refractivity contribution in [2.45, 2.75) is 45.2 Å². The molecule has 4 nitrogen and oxygen atoms in total. The van der Waals surface area contributed by atoms with Gasteiger partial charge in [-0.3, -0.25) is 4.79 Å². The van der Waals surface area contributed by atoms with Crippen LogP contribution in [0.25, 0.3) is 10.9 Å². The van der Waals surface area contributed by atoms with E-state index in [4.69, 9.17) is 4.74 Å². The first-order chi connectivity index (χ1) is 14.6. The highest BCUT2D eigenvalue weighted by atomic mass is 19.1. The Labute approximate surface area is 174 Å². The van der Waals surface area contributed by atoms with Crippen molar-refractivity contribution in [3.63, 3.8) is 0 Å². The van der Waals surface area contributed by atoms with Crippen molar-refractivity contribution >= 4 is 16.9 Å². The molecule has 4 rings (SSSR count). The molecule has 0 amide bonds. The first-order valence-corrected chi connectivity index (χ1v) is 10.5. The molecule has 0 spiro atoms. The molecule has 1 N–H and O–H groups in total. The van der Waals surface area contributed by atoms with Crippen molar-refractivity contribution in [1.29, 1.82) is 0 Å². The lowest BCUT2D eigenvalue weighted by Gasteiger charge is -2.25. The standard InChI is InChI=1S/C24H26F2N2O2/c1-2-30-24(29)15-28-22-9-7-17(25)13-19(22)20-14-18(8-10-23(20)28)27-12-11-16-5-3-4-6-21(16)26/h3-7,9,13,18,27H,2,8,10-12,14-15H2,1H3/t18-/m0/s1. The third-order valence-corrected chi connectivity index (χ3v) is 5.81. The second-order valence-corrected chi connectivity index (χ2v) is 7.71. The average molecular weight is 412 g/mol. The maximum Gasteiger partial charge on any atom is 0.325 e. The van der Waals surface area contributed by atoms with Crippen molar-refractivity contribution in [3.8, 4) is 0 Å². The largest absolute Gasteiger partial charge is 0.465 e. The highest BCUT2D eigenvalue weighted by molar-refractivity contribution is 5.87. The van der Waals surface area contributed by atoms with E-state index in [2.05, 4.69) is 5.32 Å². The molecular weight excluding hydrogens is 386 g/mol. The molecule has 30 heavy (non-hydrogen) atoms. The van der Waals surface area contributed by atoms with E-state index < -0.39 is 0 Å². The van der Waals surface area contributed by atoms with Gasteiger partial charge in [-0.1, -0.05) is 18.2 Å². The molecule has 1 aliphatic rings. The van der Waals surface area contributed by atoms with Gasteiger partial charge in [-0.15, -0.1) is 0 Å². The van der Waals surface area contributed by atoms with Gasteiger partial charge in [-0.2, -0.15) is 0 Å². The number of carbonyl (C=O) groups excluding carboxylic acids is 1. The molecule has 3 aromatic rings. The molecule has 0 unspecified atom stereocenters. The van der Waals surface area contributed by atoms with Crippen LogP contribution >= 0.6 is 0 Å². The second kappa shape index (κ2) is 8.96. The molecule has 0 bridgehead atoms. The summed E-state index contributed by atoms with van der Waals surface area (Å²) in [7, 11) is 0. The molecule has 1 atom stereocenters. The second-order valence-electron chi connectivity index (χ2n) is 7.71. The van der Waals surface area contributed by atoms with Gasteiger partial charge in [0.1, 0.15) is 18.2 Å². The summed E-state index contributed by atoms with van der Waals surface area (Å²) in [5.74, 6) is -0.748. The summed E-state index contributed by atoms with van der Waals surface area (Å²) in [6.07, 6.45) is 3.08. The van der Waals surface area contributed by atoms with Crippen molar-refractivity contribution < 1.29 is 18.3 Å². The molecule has 1 aliphatic carbocycles. The molecule has 0 saturated carbocycles. The van der Waals surface area contributed by atoms with Crippen LogP contribution in [0, 0.1) is 11.6 Å². The van der Waals surface area contributed by atoms with Crippen LogP contribution in [0.4, 0.5) is 8.78 Å². The van der Waals surface area contributed by atoms with Gasteiger partial charge in [0, 0.05) is 22.6 Å². The third kappa shape index (κ3) is 4.24. The van der Waals surface area contributed by atoms with Crippen LogP contribution in [0.5, 0.6) is 0 Å². The van der Waals surface area contributed by atoms with Gasteiger partial charge in [0.15, 0.2) is 0 Å². The van der Waals surface area contributed by atoms with Gasteiger partial charge < -0.3 is 14.6 Å². The Morgan fingerprint density at radius 3 is 2.87 bits per heavy atom. The van der Waals surface area contributed by atoms with E-state index in [1.165, 1.54) is 12.1 Å². The lowest BCUT2D eigenvalue weighted by Crippen LogP contribution is -2.36. The maximum atomic E-state index is 14.0. The molecule has 1 heterocycles. The summed E-state index contributed by atoms with van der Waals surface area (Å²) in [4.78, 5) is 12.1. The average Bonchev–Trinajstić information content (AvgIpc) is 3.02. The zero-order valence-electron chi connectivity index (χ0n) is 17.1. The number of rotatable bonds is 7. The number of halogens is 2. The molecule has 158 valence electrons. The third-order valence-electron chi connectivity index (χ3n) is 5.81. The number of nitrogens with one attached hydrogen (secondary N) is 1. The number of nitrogens with zero attached hydrogens (tertiary/aromatic N) is 1. The molecule has 2 aromatic carbocycles. The van der Waals surface area contributed by atoms with Crippen molar-refractivity contribution in [1.82, 2.24) is 9.88 Å². The van der Waals surface area contributed by atoms with Gasteiger partial charge in [-0.05, 0) is 74.5 Å². The fourth-order valence-electron chi connectivity index (χ4n) is 4.42. The van der Waals surface area contributed by atoms with Gasteiger partial charge in [0.05, 0.1) is 6.61 Å². The number of hydrogen-bond acceptors (Lipinski definition) is 3. The van der Waals surface area contributed by atoms with Crippen molar-refractivity contribution in [2.75, 3.05) is 13.2 Å². The highest BCUT2D eigenvalue weighted by Gasteiger charge is 2.26. The normalized spacial score (nSPS) is 15.9. The summed E-state index contributed by atoms with van der Waals surface area (Å²) < 4.78 is 34.9. The summed E-state index contributed by atoms with van der Waals surface area (Å²) in [6.45, 7) is 2.93. The van der Waals surface area contributed by atoms with E-state index in [1.54, 1.807) is 25.1 Å². The molecule has 0 aliphatic heterocycles. The van der Waals surface area contributed by atoms with E-state index >= 15 is 0 Å². The Morgan fingerprint density at radius 1 is 1.23 bits per heavy atom. The van der Waals surface area contributed by atoms with Crippen LogP contribution in [0.3, 0.4) is 0 Å². The van der Waals surface area contributed by atoms with Crippen molar-refractivity contribution in [2.24, 2.45) is 0 Å². The van der Waals surface area contributed by atoms with Crippen LogP contribution in [0.15, 0.2) is 42.5 Å². The van der Waals surface area contributed by atoms with Crippen LogP contribution < -0.4 is 5.32 Å². The number of fused-ring (bicyclic) bond motifs is 3. The predicted octanol–water partition coefficient (Wildman–Crippen LogP) is 4.17. The van der Waals surface area contributed by atoms with Crippen molar-refractivity contribution in [3.05, 3.63) is 70.9 Å². The Bertz CT molecular complexity index is 1060. The van der Waals surface area contributed by atoms with E-state index in [0.29, 0.717) is 25.1 Å². The summed E-state index contributed by atoms with van der Waals surface area (Å²) >= 11 is 0. The summed E-state index contributed by atoms with van der Waals surface area (Å²) in [5, 5.41) is 4.38. The Balaban J connectivity index is 1.52. The molecule has 1 aromatic heterocycles. The van der Waals surface area contributed by atoms with Gasteiger partial charge in [-0.25, -0.2) is 8.78 Å². The van der Waals surface area contributed by atoms with E-state index in [9.17, 15) is 13.6 Å². The topological polar surface area (TPSA) is 43.3 Å². The minimum absolute atomic E-state index is 0.136. The van der Waals surface area contributed by atoms with E-state index in [0.717, 1.165) is 41.4 Å². The number of ether oxygens (including phenoxy) is 1. The fraction of sp³-hybridized carbons (Fsp3) is 0.375. The van der Waals surface area contributed by atoms with Crippen LogP contribution in [-0.4, -0.2) is 29.7 Å². The van der Waals surface area contributed by atoms with Crippen LogP contribution in [0.2, 0.25) is 0 Å². The lowest BCUT2D eigenvalue weighted by molar-refractivity contribution is -0.143. The first kappa shape index (κ1) is 20.5. The minimum Gasteiger partial charge on any atom is -0.465 e. The highest BCUT2D eigenvalue weighted by Crippen LogP contribution is 2.33. The zero-order chi connectivity index (χ0) is 21.1. The van der Waals surface area contributed by atoms with Gasteiger partial charge >= 0.3 is 5.97 Å². The van der Waals surface area contributed by atoms with E-state index in [1.807, 2.05) is 16.7 Å².